The summed E-state index contributed by atoms with van der Waals surface area (Å²) < 4.78 is 21.4. The molecule has 0 aliphatic carbocycles. The second kappa shape index (κ2) is 7.81. The number of primary amides is 1. The van der Waals surface area contributed by atoms with E-state index in [0.717, 1.165) is 6.07 Å². The lowest BCUT2D eigenvalue weighted by molar-refractivity contribution is -0.118. The van der Waals surface area contributed by atoms with Gasteiger partial charge in [-0.05, 0) is 24.6 Å². The topological polar surface area (TPSA) is 121 Å². The molecule has 8 heteroatoms. The molecule has 0 fully saturated rings. The van der Waals surface area contributed by atoms with Crippen LogP contribution in [0.5, 0.6) is 23.0 Å². The number of hydrogen-bond acceptors (Lipinski definition) is 7. The molecular weight excluding hydrogens is 342 g/mol. The first-order valence-electron chi connectivity index (χ1n) is 7.74. The molecule has 2 rings (SSSR count). The summed E-state index contributed by atoms with van der Waals surface area (Å²) in [6.45, 7) is 1.57. The fourth-order valence-electron chi connectivity index (χ4n) is 2.73. The van der Waals surface area contributed by atoms with Crippen LogP contribution < -0.4 is 25.4 Å². The molecule has 2 aromatic rings. The maximum absolute atomic E-state index is 11.9. The Labute approximate surface area is 150 Å². The number of ether oxygens (including phenoxy) is 3. The zero-order valence-electron chi connectivity index (χ0n) is 15.0. The predicted octanol–water partition coefficient (Wildman–Crippen LogP) is 1.69. The van der Waals surface area contributed by atoms with E-state index in [-0.39, 0.29) is 12.2 Å². The van der Waals surface area contributed by atoms with Crippen molar-refractivity contribution in [3.05, 3.63) is 45.5 Å². The average molecular weight is 363 g/mol. The van der Waals surface area contributed by atoms with Crippen molar-refractivity contribution in [3.63, 3.8) is 0 Å². The molecule has 8 nitrogen and oxygen atoms in total. The van der Waals surface area contributed by atoms with E-state index < -0.39 is 23.0 Å². The first-order valence-corrected chi connectivity index (χ1v) is 7.74. The Morgan fingerprint density at radius 3 is 2.19 bits per heavy atom. The number of carbonyl (C=O) groups excluding carboxylic acids is 1. The lowest BCUT2D eigenvalue weighted by Crippen LogP contribution is -2.18. The third kappa shape index (κ3) is 3.74. The monoisotopic (exact) mass is 363 g/mol. The number of amides is 1. The summed E-state index contributed by atoms with van der Waals surface area (Å²) in [6.07, 6.45) is -0.196. The van der Waals surface area contributed by atoms with Crippen LogP contribution in [0.25, 0.3) is 0 Å². The van der Waals surface area contributed by atoms with E-state index >= 15 is 0 Å². The number of benzene rings is 1. The lowest BCUT2D eigenvalue weighted by atomic mass is 9.91. The van der Waals surface area contributed by atoms with Gasteiger partial charge in [-0.1, -0.05) is 0 Å². The van der Waals surface area contributed by atoms with Crippen molar-refractivity contribution >= 4 is 5.91 Å². The fourth-order valence-corrected chi connectivity index (χ4v) is 2.73. The number of methoxy groups -OCH3 is 3. The number of hydrogen-bond donors (Lipinski definition) is 2. The van der Waals surface area contributed by atoms with Crippen LogP contribution in [0.2, 0.25) is 0 Å². The summed E-state index contributed by atoms with van der Waals surface area (Å²) in [4.78, 5) is 23.5. The molecule has 0 saturated heterocycles. The third-order valence-corrected chi connectivity index (χ3v) is 3.88. The highest BCUT2D eigenvalue weighted by molar-refractivity contribution is 5.75. The molecule has 1 aromatic heterocycles. The maximum atomic E-state index is 11.9. The SMILES string of the molecule is COc1cc([C@@H](CC(N)=O)c2oc(C)cc(=O)c2O)cc(OC)c1OC. The van der Waals surface area contributed by atoms with Crippen LogP contribution in [0.4, 0.5) is 0 Å². The number of aromatic hydroxyl groups is 1. The number of nitrogens with two attached hydrogens (primary N) is 1. The Kier molecular flexibility index (Phi) is 5.76. The van der Waals surface area contributed by atoms with Gasteiger partial charge < -0.3 is 29.5 Å². The van der Waals surface area contributed by atoms with Gasteiger partial charge in [0.1, 0.15) is 5.76 Å². The minimum atomic E-state index is -0.811. The first kappa shape index (κ1) is 19.2. The van der Waals surface area contributed by atoms with Crippen LogP contribution in [0, 0.1) is 6.92 Å². The molecule has 0 aliphatic heterocycles. The van der Waals surface area contributed by atoms with Crippen molar-refractivity contribution in [3.8, 4) is 23.0 Å². The molecule has 1 heterocycles. The standard InChI is InChI=1S/C18H21NO7/c1-9-5-12(20)16(22)17(26-9)11(8-15(19)21)10-6-13(23-2)18(25-4)14(7-10)24-3/h5-7,11,22H,8H2,1-4H3,(H2,19,21)/t11-/m1/s1. The molecule has 0 saturated carbocycles. The first-order chi connectivity index (χ1) is 12.3. The molecule has 1 amide bonds. The van der Waals surface area contributed by atoms with Gasteiger partial charge in [-0.3, -0.25) is 9.59 Å². The molecule has 0 bridgehead atoms. The van der Waals surface area contributed by atoms with Gasteiger partial charge in [0, 0.05) is 12.5 Å². The van der Waals surface area contributed by atoms with Gasteiger partial charge in [-0.2, -0.15) is 0 Å². The quantitative estimate of drug-likeness (QED) is 0.767. The summed E-state index contributed by atoms with van der Waals surface area (Å²) in [6, 6.07) is 4.38. The summed E-state index contributed by atoms with van der Waals surface area (Å²) in [7, 11) is 4.37. The van der Waals surface area contributed by atoms with Crippen molar-refractivity contribution in [2.24, 2.45) is 5.73 Å². The van der Waals surface area contributed by atoms with E-state index in [1.54, 1.807) is 19.1 Å². The fraction of sp³-hybridized carbons (Fsp3) is 0.333. The molecule has 0 aliphatic rings. The van der Waals surface area contributed by atoms with Gasteiger partial charge >= 0.3 is 0 Å². The number of aryl methyl sites for hydroxylation is 1. The Bertz CT molecular complexity index is 847. The molecule has 1 atom stereocenters. The van der Waals surface area contributed by atoms with Gasteiger partial charge in [-0.25, -0.2) is 0 Å². The van der Waals surface area contributed by atoms with Crippen LogP contribution in [-0.4, -0.2) is 32.3 Å². The Balaban J connectivity index is 2.73. The maximum Gasteiger partial charge on any atom is 0.227 e. The zero-order valence-corrected chi connectivity index (χ0v) is 15.0. The third-order valence-electron chi connectivity index (χ3n) is 3.88. The normalized spacial score (nSPS) is 11.7. The van der Waals surface area contributed by atoms with Crippen LogP contribution in [-0.2, 0) is 4.79 Å². The molecule has 3 N–H and O–H groups in total. The summed E-state index contributed by atoms with van der Waals surface area (Å²) in [5.41, 5.74) is 5.26. The smallest absolute Gasteiger partial charge is 0.227 e. The zero-order chi connectivity index (χ0) is 19.4. The molecule has 0 unspecified atom stereocenters. The van der Waals surface area contributed by atoms with Crippen molar-refractivity contribution in [2.75, 3.05) is 21.3 Å². The molecule has 1 aromatic carbocycles. The van der Waals surface area contributed by atoms with Crippen LogP contribution in [0.1, 0.15) is 29.4 Å². The van der Waals surface area contributed by atoms with Crippen molar-refractivity contribution in [1.82, 2.24) is 0 Å². The van der Waals surface area contributed by atoms with Crippen molar-refractivity contribution in [2.45, 2.75) is 19.3 Å². The number of rotatable bonds is 7. The van der Waals surface area contributed by atoms with Crippen molar-refractivity contribution in [1.29, 1.82) is 0 Å². The van der Waals surface area contributed by atoms with Gasteiger partial charge in [0.2, 0.25) is 22.8 Å². The highest BCUT2D eigenvalue weighted by Gasteiger charge is 2.27. The van der Waals surface area contributed by atoms with E-state index in [4.69, 9.17) is 24.4 Å². The molecule has 0 spiro atoms. The highest BCUT2D eigenvalue weighted by Crippen LogP contribution is 2.43. The van der Waals surface area contributed by atoms with E-state index in [1.165, 1.54) is 21.3 Å². The van der Waals surface area contributed by atoms with E-state index in [9.17, 15) is 14.7 Å². The van der Waals surface area contributed by atoms with Gasteiger partial charge in [-0.15, -0.1) is 0 Å². The van der Waals surface area contributed by atoms with E-state index in [2.05, 4.69) is 0 Å². The molecule has 26 heavy (non-hydrogen) atoms. The average Bonchev–Trinajstić information content (AvgIpc) is 2.61. The molecule has 0 radical (unpaired) electrons. The Morgan fingerprint density at radius 2 is 1.73 bits per heavy atom. The van der Waals surface area contributed by atoms with Crippen LogP contribution in [0.15, 0.2) is 27.4 Å². The molecular formula is C18H21NO7. The Morgan fingerprint density at radius 1 is 1.15 bits per heavy atom. The highest BCUT2D eigenvalue weighted by atomic mass is 16.5. The Hall–Kier alpha value is -3.16. The second-order valence-electron chi connectivity index (χ2n) is 5.62. The van der Waals surface area contributed by atoms with Crippen LogP contribution >= 0.6 is 0 Å². The van der Waals surface area contributed by atoms with Crippen molar-refractivity contribution < 1.29 is 28.5 Å². The minimum Gasteiger partial charge on any atom is -0.502 e. The lowest BCUT2D eigenvalue weighted by Gasteiger charge is -2.20. The number of carbonyl (C=O) groups is 1. The van der Waals surface area contributed by atoms with E-state index in [1.807, 2.05) is 0 Å². The predicted molar refractivity (Wildman–Crippen MR) is 93.1 cm³/mol. The summed E-state index contributed by atoms with van der Waals surface area (Å²) in [5, 5.41) is 10.2. The summed E-state index contributed by atoms with van der Waals surface area (Å²) >= 11 is 0. The van der Waals surface area contributed by atoms with Gasteiger partial charge in [0.15, 0.2) is 17.3 Å². The van der Waals surface area contributed by atoms with Gasteiger partial charge in [0.05, 0.1) is 27.2 Å². The van der Waals surface area contributed by atoms with E-state index in [0.29, 0.717) is 28.6 Å². The minimum absolute atomic E-state index is 0.0527. The van der Waals surface area contributed by atoms with Gasteiger partial charge in [0.25, 0.3) is 0 Å². The largest absolute Gasteiger partial charge is 0.502 e. The molecule has 140 valence electrons. The second-order valence-corrected chi connectivity index (χ2v) is 5.62. The summed E-state index contributed by atoms with van der Waals surface area (Å²) in [5.74, 6) is -0.701. The van der Waals surface area contributed by atoms with Crippen LogP contribution in [0.3, 0.4) is 0 Å².